The highest BCUT2D eigenvalue weighted by atomic mass is 19.1. The van der Waals surface area contributed by atoms with E-state index in [1.165, 1.54) is 18.2 Å². The van der Waals surface area contributed by atoms with Crippen molar-refractivity contribution in [1.82, 2.24) is 5.32 Å². The molecule has 0 saturated carbocycles. The van der Waals surface area contributed by atoms with E-state index in [0.717, 1.165) is 6.42 Å². The number of aryl methyl sites for hydroxylation is 1. The fraction of sp³-hybridized carbons (Fsp3) is 0.412. The standard InChI is InChI=1S/C17H18FNO5/c1-9-12-7-11(18)4-5-13(12)24-15(9)16(20)19-14(17(21)22)10-3-2-6-23-8-10/h4-5,7,10,14H,2-3,6,8H2,1H3,(H,19,20)(H,21,22). The predicted molar refractivity (Wildman–Crippen MR) is 83.3 cm³/mol. The third kappa shape index (κ3) is 3.12. The summed E-state index contributed by atoms with van der Waals surface area (Å²) in [6, 6.07) is 2.92. The van der Waals surface area contributed by atoms with Gasteiger partial charge in [0, 0.05) is 23.5 Å². The molecular formula is C17H18FNO5. The van der Waals surface area contributed by atoms with Crippen molar-refractivity contribution in [2.24, 2.45) is 5.92 Å². The lowest BCUT2D eigenvalue weighted by molar-refractivity contribution is -0.142. The quantitative estimate of drug-likeness (QED) is 0.896. The van der Waals surface area contributed by atoms with E-state index >= 15 is 0 Å². The Morgan fingerprint density at radius 3 is 2.88 bits per heavy atom. The van der Waals surface area contributed by atoms with Crippen LogP contribution in [0.4, 0.5) is 4.39 Å². The van der Waals surface area contributed by atoms with Gasteiger partial charge in [-0.3, -0.25) is 4.79 Å². The second-order valence-corrected chi connectivity index (χ2v) is 5.96. The predicted octanol–water partition coefficient (Wildman–Crippen LogP) is 2.49. The number of carboxylic acids is 1. The smallest absolute Gasteiger partial charge is 0.326 e. The largest absolute Gasteiger partial charge is 0.480 e. The molecular weight excluding hydrogens is 317 g/mol. The van der Waals surface area contributed by atoms with E-state index in [1.54, 1.807) is 6.92 Å². The first-order valence-electron chi connectivity index (χ1n) is 7.77. The maximum Gasteiger partial charge on any atom is 0.326 e. The molecule has 24 heavy (non-hydrogen) atoms. The molecule has 1 amide bonds. The summed E-state index contributed by atoms with van der Waals surface area (Å²) in [7, 11) is 0. The van der Waals surface area contributed by atoms with Gasteiger partial charge in [0.15, 0.2) is 5.76 Å². The van der Waals surface area contributed by atoms with Gasteiger partial charge < -0.3 is 19.6 Å². The van der Waals surface area contributed by atoms with Crippen molar-refractivity contribution in [2.75, 3.05) is 13.2 Å². The Hall–Kier alpha value is -2.41. The number of aliphatic carboxylic acids is 1. The number of hydrogen-bond donors (Lipinski definition) is 2. The first kappa shape index (κ1) is 16.4. The van der Waals surface area contributed by atoms with Crippen LogP contribution in [0.5, 0.6) is 0 Å². The van der Waals surface area contributed by atoms with Gasteiger partial charge in [-0.25, -0.2) is 9.18 Å². The molecule has 1 aliphatic rings. The zero-order valence-corrected chi connectivity index (χ0v) is 13.2. The number of carboxylic acid groups (broad SMARTS) is 1. The van der Waals surface area contributed by atoms with Crippen LogP contribution >= 0.6 is 0 Å². The molecule has 1 aromatic carbocycles. The lowest BCUT2D eigenvalue weighted by atomic mass is 9.93. The molecule has 1 fully saturated rings. The number of rotatable bonds is 4. The van der Waals surface area contributed by atoms with Gasteiger partial charge in [-0.05, 0) is 38.0 Å². The second-order valence-electron chi connectivity index (χ2n) is 5.96. The third-order valence-corrected chi connectivity index (χ3v) is 4.32. The highest BCUT2D eigenvalue weighted by molar-refractivity contribution is 6.00. The first-order chi connectivity index (χ1) is 11.5. The minimum absolute atomic E-state index is 0.00132. The number of ether oxygens (including phenoxy) is 1. The molecule has 1 saturated heterocycles. The number of furan rings is 1. The van der Waals surface area contributed by atoms with E-state index in [0.29, 0.717) is 36.2 Å². The number of carbonyl (C=O) groups excluding carboxylic acids is 1. The average Bonchev–Trinajstić information content (AvgIpc) is 2.89. The molecule has 0 spiro atoms. The average molecular weight is 335 g/mol. The van der Waals surface area contributed by atoms with Crippen LogP contribution in [-0.2, 0) is 9.53 Å². The van der Waals surface area contributed by atoms with Crippen molar-refractivity contribution in [3.63, 3.8) is 0 Å². The van der Waals surface area contributed by atoms with Crippen molar-refractivity contribution in [3.05, 3.63) is 35.3 Å². The molecule has 6 nitrogen and oxygen atoms in total. The second kappa shape index (κ2) is 6.60. The number of fused-ring (bicyclic) bond motifs is 1. The van der Waals surface area contributed by atoms with Crippen molar-refractivity contribution >= 4 is 22.8 Å². The van der Waals surface area contributed by atoms with Gasteiger partial charge in [-0.2, -0.15) is 0 Å². The van der Waals surface area contributed by atoms with Gasteiger partial charge in [0.25, 0.3) is 5.91 Å². The monoisotopic (exact) mass is 335 g/mol. The van der Waals surface area contributed by atoms with E-state index in [-0.39, 0.29) is 11.7 Å². The normalized spacial score (nSPS) is 19.2. The lowest BCUT2D eigenvalue weighted by Crippen LogP contribution is -2.48. The molecule has 2 aromatic rings. The fourth-order valence-corrected chi connectivity index (χ4v) is 3.03. The van der Waals surface area contributed by atoms with E-state index in [4.69, 9.17) is 9.15 Å². The third-order valence-electron chi connectivity index (χ3n) is 4.32. The van der Waals surface area contributed by atoms with Gasteiger partial charge in [-0.1, -0.05) is 0 Å². The van der Waals surface area contributed by atoms with E-state index in [9.17, 15) is 19.1 Å². The molecule has 2 heterocycles. The molecule has 3 rings (SSSR count). The Kier molecular flexibility index (Phi) is 4.53. The molecule has 2 atom stereocenters. The summed E-state index contributed by atoms with van der Waals surface area (Å²) in [5.41, 5.74) is 0.859. The van der Waals surface area contributed by atoms with Gasteiger partial charge >= 0.3 is 5.97 Å². The Morgan fingerprint density at radius 2 is 2.21 bits per heavy atom. The van der Waals surface area contributed by atoms with Gasteiger partial charge in [-0.15, -0.1) is 0 Å². The van der Waals surface area contributed by atoms with Crippen LogP contribution in [-0.4, -0.2) is 36.2 Å². The van der Waals surface area contributed by atoms with E-state index in [1.807, 2.05) is 0 Å². The fourth-order valence-electron chi connectivity index (χ4n) is 3.03. The summed E-state index contributed by atoms with van der Waals surface area (Å²) in [4.78, 5) is 24.0. The maximum absolute atomic E-state index is 13.4. The zero-order chi connectivity index (χ0) is 17.3. The molecule has 128 valence electrons. The summed E-state index contributed by atoms with van der Waals surface area (Å²) in [6.07, 6.45) is 1.43. The van der Waals surface area contributed by atoms with Crippen LogP contribution in [0.15, 0.2) is 22.6 Å². The highest BCUT2D eigenvalue weighted by Gasteiger charge is 2.32. The molecule has 7 heteroatoms. The Labute approximate surface area is 137 Å². The minimum atomic E-state index is -1.11. The Balaban J connectivity index is 1.85. The summed E-state index contributed by atoms with van der Waals surface area (Å²) in [6.45, 7) is 2.53. The molecule has 2 N–H and O–H groups in total. The zero-order valence-electron chi connectivity index (χ0n) is 13.2. The van der Waals surface area contributed by atoms with Crippen molar-refractivity contribution in [3.8, 4) is 0 Å². The Morgan fingerprint density at radius 1 is 1.42 bits per heavy atom. The molecule has 2 unspecified atom stereocenters. The molecule has 1 aliphatic heterocycles. The summed E-state index contributed by atoms with van der Waals surface area (Å²) in [5.74, 6) is -2.46. The molecule has 1 aromatic heterocycles. The van der Waals surface area contributed by atoms with Gasteiger partial charge in [0.2, 0.25) is 0 Å². The van der Waals surface area contributed by atoms with Crippen LogP contribution in [0.1, 0.15) is 29.0 Å². The van der Waals surface area contributed by atoms with Crippen molar-refractivity contribution in [1.29, 1.82) is 0 Å². The highest BCUT2D eigenvalue weighted by Crippen LogP contribution is 2.26. The molecule has 0 bridgehead atoms. The van der Waals surface area contributed by atoms with Gasteiger partial charge in [0.1, 0.15) is 17.4 Å². The van der Waals surface area contributed by atoms with Crippen molar-refractivity contribution in [2.45, 2.75) is 25.8 Å². The first-order valence-corrected chi connectivity index (χ1v) is 7.77. The van der Waals surface area contributed by atoms with E-state index in [2.05, 4.69) is 5.32 Å². The number of benzene rings is 1. The van der Waals surface area contributed by atoms with Crippen LogP contribution in [0.3, 0.4) is 0 Å². The van der Waals surface area contributed by atoms with Crippen LogP contribution in [0.25, 0.3) is 11.0 Å². The topological polar surface area (TPSA) is 88.8 Å². The number of hydrogen-bond acceptors (Lipinski definition) is 4. The minimum Gasteiger partial charge on any atom is -0.480 e. The molecule has 0 aliphatic carbocycles. The summed E-state index contributed by atoms with van der Waals surface area (Å²) < 4.78 is 24.1. The maximum atomic E-state index is 13.4. The summed E-state index contributed by atoms with van der Waals surface area (Å²) in [5, 5.41) is 12.4. The van der Waals surface area contributed by atoms with Crippen LogP contribution in [0.2, 0.25) is 0 Å². The van der Waals surface area contributed by atoms with Crippen LogP contribution in [0, 0.1) is 18.7 Å². The number of halogens is 1. The van der Waals surface area contributed by atoms with Crippen LogP contribution < -0.4 is 5.32 Å². The van der Waals surface area contributed by atoms with Crippen molar-refractivity contribution < 1.29 is 28.2 Å². The summed E-state index contributed by atoms with van der Waals surface area (Å²) >= 11 is 0. The lowest BCUT2D eigenvalue weighted by Gasteiger charge is -2.27. The van der Waals surface area contributed by atoms with E-state index < -0.39 is 23.7 Å². The van der Waals surface area contributed by atoms with Gasteiger partial charge in [0.05, 0.1) is 6.61 Å². The number of carbonyl (C=O) groups is 2. The Bertz CT molecular complexity index is 779. The SMILES string of the molecule is Cc1c(C(=O)NC(C(=O)O)C2CCCOC2)oc2ccc(F)cc12. The number of nitrogens with one attached hydrogen (secondary N) is 1. The number of amides is 1. The molecule has 0 radical (unpaired) electrons.